The Morgan fingerprint density at radius 2 is 1.71 bits per heavy atom. The van der Waals surface area contributed by atoms with Gasteiger partial charge in [-0.25, -0.2) is 0 Å². The van der Waals surface area contributed by atoms with Crippen molar-refractivity contribution in [1.29, 1.82) is 5.26 Å². The lowest BCUT2D eigenvalue weighted by molar-refractivity contribution is 0.0724. The number of aromatic nitrogens is 1. The van der Waals surface area contributed by atoms with Gasteiger partial charge in [0, 0.05) is 45.0 Å². The first-order valence-electron chi connectivity index (χ1n) is 7.83. The van der Waals surface area contributed by atoms with Crippen LogP contribution in [0.1, 0.15) is 27.8 Å². The third-order valence-electron chi connectivity index (χ3n) is 4.24. The van der Waals surface area contributed by atoms with Gasteiger partial charge in [0.2, 0.25) is 5.91 Å². The maximum atomic E-state index is 12.6. The number of piperazine rings is 1. The predicted octanol–water partition coefficient (Wildman–Crippen LogP) is 1.98. The van der Waals surface area contributed by atoms with Crippen LogP contribution < -0.4 is 4.90 Å². The fourth-order valence-electron chi connectivity index (χ4n) is 2.91. The SMILES string of the molecule is CC(=O)n1cccc1C(=O)N1CCN(c2ccc(C#N)cc2)CC1. The zero-order valence-corrected chi connectivity index (χ0v) is 13.5. The van der Waals surface area contributed by atoms with Crippen molar-refractivity contribution in [2.45, 2.75) is 6.92 Å². The minimum atomic E-state index is -0.167. The second-order valence-electron chi connectivity index (χ2n) is 5.72. The molecule has 0 unspecified atom stereocenters. The number of nitriles is 1. The molecule has 0 saturated carbocycles. The molecule has 1 aliphatic rings. The summed E-state index contributed by atoms with van der Waals surface area (Å²) in [7, 11) is 0. The Labute approximate surface area is 140 Å². The summed E-state index contributed by atoms with van der Waals surface area (Å²) >= 11 is 0. The first-order chi connectivity index (χ1) is 11.6. The lowest BCUT2D eigenvalue weighted by Crippen LogP contribution is -2.49. The van der Waals surface area contributed by atoms with Gasteiger partial charge in [0.25, 0.3) is 5.91 Å². The Hall–Kier alpha value is -3.07. The van der Waals surface area contributed by atoms with E-state index >= 15 is 0 Å². The lowest BCUT2D eigenvalue weighted by Gasteiger charge is -2.36. The first-order valence-corrected chi connectivity index (χ1v) is 7.83. The molecule has 2 heterocycles. The topological polar surface area (TPSA) is 69.3 Å². The van der Waals surface area contributed by atoms with E-state index in [1.54, 1.807) is 35.4 Å². The molecule has 1 aromatic heterocycles. The quantitative estimate of drug-likeness (QED) is 0.848. The minimum Gasteiger partial charge on any atom is -0.368 e. The number of rotatable bonds is 2. The van der Waals surface area contributed by atoms with Gasteiger partial charge in [-0.1, -0.05) is 0 Å². The summed E-state index contributed by atoms with van der Waals surface area (Å²) in [6, 6.07) is 12.9. The number of carbonyl (C=O) groups is 2. The van der Waals surface area contributed by atoms with Crippen LogP contribution >= 0.6 is 0 Å². The maximum Gasteiger partial charge on any atom is 0.271 e. The second kappa shape index (κ2) is 6.59. The van der Waals surface area contributed by atoms with Crippen molar-refractivity contribution in [2.24, 2.45) is 0 Å². The molecule has 2 aromatic rings. The summed E-state index contributed by atoms with van der Waals surface area (Å²) in [5.74, 6) is -0.283. The van der Waals surface area contributed by atoms with Crippen molar-refractivity contribution in [3.63, 3.8) is 0 Å². The van der Waals surface area contributed by atoms with Gasteiger partial charge < -0.3 is 9.80 Å². The Balaban J connectivity index is 1.66. The number of hydrogen-bond acceptors (Lipinski definition) is 4. The highest BCUT2D eigenvalue weighted by Gasteiger charge is 2.24. The van der Waals surface area contributed by atoms with Gasteiger partial charge in [-0.15, -0.1) is 0 Å². The average molecular weight is 322 g/mol. The van der Waals surface area contributed by atoms with Gasteiger partial charge in [-0.05, 0) is 36.4 Å². The molecule has 0 spiro atoms. The molecule has 1 aromatic carbocycles. The van der Waals surface area contributed by atoms with E-state index in [4.69, 9.17) is 5.26 Å². The van der Waals surface area contributed by atoms with Crippen molar-refractivity contribution >= 4 is 17.5 Å². The van der Waals surface area contributed by atoms with Crippen LogP contribution in [0.2, 0.25) is 0 Å². The number of amides is 1. The van der Waals surface area contributed by atoms with Crippen LogP contribution in [0.3, 0.4) is 0 Å². The standard InChI is InChI=1S/C18H18N4O2/c1-14(23)22-8-2-3-17(22)18(24)21-11-9-20(10-12-21)16-6-4-15(13-19)5-7-16/h2-8H,9-12H2,1H3. The van der Waals surface area contributed by atoms with Crippen molar-refractivity contribution in [1.82, 2.24) is 9.47 Å². The highest BCUT2D eigenvalue weighted by molar-refractivity contribution is 5.96. The molecule has 0 N–H and O–H groups in total. The number of carbonyl (C=O) groups excluding carboxylic acids is 2. The van der Waals surface area contributed by atoms with Gasteiger partial charge in [0.15, 0.2) is 0 Å². The Kier molecular flexibility index (Phi) is 4.34. The van der Waals surface area contributed by atoms with Crippen LogP contribution in [0.5, 0.6) is 0 Å². The van der Waals surface area contributed by atoms with Crippen LogP contribution in [0, 0.1) is 11.3 Å². The van der Waals surface area contributed by atoms with Gasteiger partial charge in [0.1, 0.15) is 5.69 Å². The molecule has 3 rings (SSSR count). The first kappa shape index (κ1) is 15.8. The molecule has 1 aliphatic heterocycles. The summed E-state index contributed by atoms with van der Waals surface area (Å²) < 4.78 is 1.38. The zero-order valence-electron chi connectivity index (χ0n) is 13.5. The van der Waals surface area contributed by atoms with Crippen LogP contribution in [0.25, 0.3) is 0 Å². The van der Waals surface area contributed by atoms with E-state index in [0.29, 0.717) is 24.3 Å². The normalized spacial score (nSPS) is 14.3. The van der Waals surface area contributed by atoms with E-state index < -0.39 is 0 Å². The second-order valence-corrected chi connectivity index (χ2v) is 5.72. The Bertz CT molecular complexity index is 793. The monoisotopic (exact) mass is 322 g/mol. The molecular formula is C18H18N4O2. The number of benzene rings is 1. The summed E-state index contributed by atoms with van der Waals surface area (Å²) in [4.78, 5) is 28.1. The fraction of sp³-hybridized carbons (Fsp3) is 0.278. The molecule has 6 nitrogen and oxygen atoms in total. The van der Waals surface area contributed by atoms with E-state index in [9.17, 15) is 9.59 Å². The third-order valence-corrected chi connectivity index (χ3v) is 4.24. The van der Waals surface area contributed by atoms with Crippen molar-refractivity contribution in [3.8, 4) is 6.07 Å². The molecular weight excluding hydrogens is 304 g/mol. The molecule has 0 radical (unpaired) electrons. The molecule has 24 heavy (non-hydrogen) atoms. The molecule has 1 amide bonds. The lowest BCUT2D eigenvalue weighted by atomic mass is 10.2. The van der Waals surface area contributed by atoms with E-state index in [2.05, 4.69) is 11.0 Å². The number of anilines is 1. The van der Waals surface area contributed by atoms with Crippen LogP contribution in [-0.4, -0.2) is 47.5 Å². The summed E-state index contributed by atoms with van der Waals surface area (Å²) in [6.07, 6.45) is 1.61. The zero-order chi connectivity index (χ0) is 17.1. The van der Waals surface area contributed by atoms with Gasteiger partial charge >= 0.3 is 0 Å². The number of hydrogen-bond donors (Lipinski definition) is 0. The smallest absolute Gasteiger partial charge is 0.271 e. The number of nitrogens with zero attached hydrogens (tertiary/aromatic N) is 4. The minimum absolute atomic E-state index is 0.116. The molecule has 122 valence electrons. The van der Waals surface area contributed by atoms with E-state index in [-0.39, 0.29) is 11.8 Å². The largest absolute Gasteiger partial charge is 0.368 e. The van der Waals surface area contributed by atoms with Gasteiger partial charge in [-0.2, -0.15) is 5.26 Å². The summed E-state index contributed by atoms with van der Waals surface area (Å²) in [5, 5.41) is 8.85. The van der Waals surface area contributed by atoms with Crippen molar-refractivity contribution in [3.05, 3.63) is 53.9 Å². The third kappa shape index (κ3) is 3.01. The van der Waals surface area contributed by atoms with Gasteiger partial charge in [-0.3, -0.25) is 14.2 Å². The highest BCUT2D eigenvalue weighted by atomic mass is 16.2. The fourth-order valence-corrected chi connectivity index (χ4v) is 2.91. The molecule has 1 saturated heterocycles. The van der Waals surface area contributed by atoms with Crippen LogP contribution in [0.4, 0.5) is 5.69 Å². The van der Waals surface area contributed by atoms with Crippen LogP contribution in [-0.2, 0) is 0 Å². The molecule has 0 atom stereocenters. The van der Waals surface area contributed by atoms with E-state index in [1.807, 2.05) is 12.1 Å². The molecule has 0 bridgehead atoms. The van der Waals surface area contributed by atoms with Crippen molar-refractivity contribution in [2.75, 3.05) is 31.1 Å². The maximum absolute atomic E-state index is 12.6. The molecule has 1 fully saturated rings. The van der Waals surface area contributed by atoms with Crippen LogP contribution in [0.15, 0.2) is 42.6 Å². The van der Waals surface area contributed by atoms with Gasteiger partial charge in [0.05, 0.1) is 11.6 Å². The predicted molar refractivity (Wildman–Crippen MR) is 90.0 cm³/mol. The Morgan fingerprint density at radius 1 is 1.04 bits per heavy atom. The van der Waals surface area contributed by atoms with E-state index in [0.717, 1.165) is 18.8 Å². The summed E-state index contributed by atoms with van der Waals surface area (Å²) in [6.45, 7) is 4.08. The Morgan fingerprint density at radius 3 is 2.29 bits per heavy atom. The van der Waals surface area contributed by atoms with E-state index in [1.165, 1.54) is 11.5 Å². The molecule has 6 heteroatoms. The highest BCUT2D eigenvalue weighted by Crippen LogP contribution is 2.18. The molecule has 0 aliphatic carbocycles. The van der Waals surface area contributed by atoms with Crippen molar-refractivity contribution < 1.29 is 9.59 Å². The average Bonchev–Trinajstić information content (AvgIpc) is 3.11. The summed E-state index contributed by atoms with van der Waals surface area (Å²) in [5.41, 5.74) is 2.10.